The van der Waals surface area contributed by atoms with Crippen LogP contribution in [0.25, 0.3) is 0 Å². The van der Waals surface area contributed by atoms with Gasteiger partial charge in [0.1, 0.15) is 5.21 Å². The lowest BCUT2D eigenvalue weighted by Gasteiger charge is -2.62. The van der Waals surface area contributed by atoms with Crippen molar-refractivity contribution >= 4 is 27.7 Å². The molecule has 1 saturated heterocycles. The quantitative estimate of drug-likeness (QED) is 0.258. The van der Waals surface area contributed by atoms with E-state index in [0.717, 1.165) is 25.7 Å². The van der Waals surface area contributed by atoms with E-state index in [-0.39, 0.29) is 29.1 Å². The summed E-state index contributed by atoms with van der Waals surface area (Å²) in [4.78, 5) is 12.0. The Morgan fingerprint density at radius 1 is 1.23 bits per heavy atom. The maximum atomic E-state index is 12.1. The lowest BCUT2D eigenvalue weighted by molar-refractivity contribution is -0.207. The van der Waals surface area contributed by atoms with Crippen LogP contribution < -0.4 is 0 Å². The monoisotopic (exact) mass is 462 g/mol. The van der Waals surface area contributed by atoms with Gasteiger partial charge in [-0.3, -0.25) is 8.98 Å². The normalized spacial score (nSPS) is 40.7. The molecule has 5 atom stereocenters. The standard InChI is InChI=1S/C22H35ClO6S/c1-15-7-8-16-19(2,3)17(28-30(25,26)14-23)9-10-21(16,5)22(15)12-11-20(4,29-22)13-18(24)27-6/h7,16-17H,8-14H2,1-6H3/t16-,17-,20-,21-,22+/m0/s1. The molecule has 0 bridgehead atoms. The molecule has 3 aliphatic rings. The number of esters is 1. The van der Waals surface area contributed by atoms with E-state index in [0.29, 0.717) is 6.42 Å². The molecule has 3 rings (SSSR count). The average molecular weight is 463 g/mol. The Hall–Kier alpha value is -0.630. The number of carbonyl (C=O) groups excluding carboxylic acids is 1. The highest BCUT2D eigenvalue weighted by molar-refractivity contribution is 7.87. The van der Waals surface area contributed by atoms with Gasteiger partial charge >= 0.3 is 5.97 Å². The topological polar surface area (TPSA) is 78.9 Å². The molecule has 0 aromatic rings. The van der Waals surface area contributed by atoms with E-state index >= 15 is 0 Å². The SMILES string of the molecule is COC(=O)C[C@]1(C)CC[C@@]2(O1)C(C)=CC[C@H]1C(C)(C)[C@@H](OS(=O)(=O)CCl)CC[C@@]12C. The number of hydrogen-bond donors (Lipinski definition) is 0. The van der Waals surface area contributed by atoms with Crippen LogP contribution in [-0.2, 0) is 28.6 Å². The van der Waals surface area contributed by atoms with Crippen molar-refractivity contribution in [2.24, 2.45) is 16.7 Å². The highest BCUT2D eigenvalue weighted by atomic mass is 35.5. The molecule has 1 heterocycles. The molecule has 1 spiro atoms. The molecule has 0 amide bonds. The first kappa shape index (κ1) is 24.0. The maximum absolute atomic E-state index is 12.1. The summed E-state index contributed by atoms with van der Waals surface area (Å²) in [5, 5.41) is -0.542. The number of fused-ring (bicyclic) bond motifs is 2. The van der Waals surface area contributed by atoms with E-state index in [2.05, 4.69) is 33.8 Å². The number of methoxy groups -OCH3 is 1. The third kappa shape index (κ3) is 3.74. The first-order chi connectivity index (χ1) is 13.8. The van der Waals surface area contributed by atoms with Gasteiger partial charge in [-0.2, -0.15) is 8.42 Å². The van der Waals surface area contributed by atoms with Crippen LogP contribution in [0, 0.1) is 16.7 Å². The largest absolute Gasteiger partial charge is 0.469 e. The molecule has 1 saturated carbocycles. The van der Waals surface area contributed by atoms with E-state index in [4.69, 9.17) is 25.3 Å². The third-order valence-electron chi connectivity index (χ3n) is 8.21. The van der Waals surface area contributed by atoms with Crippen molar-refractivity contribution in [2.75, 3.05) is 12.3 Å². The predicted molar refractivity (Wildman–Crippen MR) is 116 cm³/mol. The number of halogens is 1. The first-order valence-electron chi connectivity index (χ1n) is 10.7. The van der Waals surface area contributed by atoms with Gasteiger partial charge in [0.2, 0.25) is 0 Å². The third-order valence-corrected chi connectivity index (χ3v) is 9.81. The van der Waals surface area contributed by atoms with Crippen LogP contribution in [0.1, 0.15) is 73.1 Å². The maximum Gasteiger partial charge on any atom is 0.308 e. The average Bonchev–Trinajstić information content (AvgIpc) is 3.01. The molecule has 0 radical (unpaired) electrons. The van der Waals surface area contributed by atoms with Gasteiger partial charge in [-0.1, -0.05) is 26.8 Å². The summed E-state index contributed by atoms with van der Waals surface area (Å²) in [6.07, 6.45) is 5.87. The zero-order chi connectivity index (χ0) is 22.6. The number of hydrogen-bond acceptors (Lipinski definition) is 6. The Balaban J connectivity index is 1.96. The second-order valence-electron chi connectivity index (χ2n) is 10.3. The summed E-state index contributed by atoms with van der Waals surface area (Å²) in [6, 6.07) is 0. The van der Waals surface area contributed by atoms with Gasteiger partial charge < -0.3 is 9.47 Å². The lowest BCUT2D eigenvalue weighted by atomic mass is 9.46. The second-order valence-corrected chi connectivity index (χ2v) is 12.5. The Morgan fingerprint density at radius 3 is 2.50 bits per heavy atom. The number of rotatable bonds is 5. The molecule has 1 aliphatic heterocycles. The Labute approximate surface area is 185 Å². The van der Waals surface area contributed by atoms with Gasteiger partial charge in [0, 0.05) is 5.41 Å². The highest BCUT2D eigenvalue weighted by Gasteiger charge is 2.66. The Kier molecular flexibility index (Phi) is 6.20. The summed E-state index contributed by atoms with van der Waals surface area (Å²) < 4.78 is 41.4. The number of ether oxygens (including phenoxy) is 2. The number of carbonyl (C=O) groups is 1. The van der Waals surface area contributed by atoms with Crippen molar-refractivity contribution in [3.63, 3.8) is 0 Å². The zero-order valence-electron chi connectivity index (χ0n) is 18.9. The second kappa shape index (κ2) is 7.75. The van der Waals surface area contributed by atoms with Crippen molar-refractivity contribution in [1.29, 1.82) is 0 Å². The predicted octanol–water partition coefficient (Wildman–Crippen LogP) is 4.56. The highest BCUT2D eigenvalue weighted by Crippen LogP contribution is 2.66. The number of allylic oxidation sites excluding steroid dienone is 1. The fourth-order valence-electron chi connectivity index (χ4n) is 6.50. The first-order valence-corrected chi connectivity index (χ1v) is 12.8. The molecular weight excluding hydrogens is 428 g/mol. The molecule has 2 aliphatic carbocycles. The van der Waals surface area contributed by atoms with Crippen molar-refractivity contribution in [3.8, 4) is 0 Å². The van der Waals surface area contributed by atoms with Gasteiger partial charge in [-0.25, -0.2) is 0 Å². The molecule has 0 N–H and O–H groups in total. The summed E-state index contributed by atoms with van der Waals surface area (Å²) >= 11 is 5.59. The van der Waals surface area contributed by atoms with E-state index < -0.39 is 32.6 Å². The molecule has 0 unspecified atom stereocenters. The molecule has 0 aromatic heterocycles. The van der Waals surface area contributed by atoms with Crippen LogP contribution in [-0.4, -0.2) is 44.0 Å². The molecule has 6 nitrogen and oxygen atoms in total. The van der Waals surface area contributed by atoms with Crippen LogP contribution in [0.4, 0.5) is 0 Å². The summed E-state index contributed by atoms with van der Waals surface area (Å²) in [7, 11) is -2.35. The van der Waals surface area contributed by atoms with Crippen LogP contribution in [0.3, 0.4) is 0 Å². The minimum Gasteiger partial charge on any atom is -0.469 e. The van der Waals surface area contributed by atoms with Gasteiger partial charge in [0.15, 0.2) is 0 Å². The molecule has 172 valence electrons. The van der Waals surface area contributed by atoms with Gasteiger partial charge in [0.05, 0.1) is 30.8 Å². The zero-order valence-corrected chi connectivity index (χ0v) is 20.5. The summed E-state index contributed by atoms with van der Waals surface area (Å²) in [5.41, 5.74) is -0.438. The smallest absolute Gasteiger partial charge is 0.308 e. The molecule has 0 aromatic carbocycles. The summed E-state index contributed by atoms with van der Waals surface area (Å²) in [6.45, 7) is 10.6. The Bertz CT molecular complexity index is 837. The minimum atomic E-state index is -3.75. The van der Waals surface area contributed by atoms with Crippen LogP contribution in [0.15, 0.2) is 11.6 Å². The van der Waals surface area contributed by atoms with Crippen LogP contribution >= 0.6 is 11.6 Å². The minimum absolute atomic E-state index is 0.165. The summed E-state index contributed by atoms with van der Waals surface area (Å²) in [5.74, 6) is -0.101. The van der Waals surface area contributed by atoms with Crippen molar-refractivity contribution in [3.05, 3.63) is 11.6 Å². The van der Waals surface area contributed by atoms with Crippen LogP contribution in [0.5, 0.6) is 0 Å². The van der Waals surface area contributed by atoms with E-state index in [1.807, 2.05) is 6.92 Å². The van der Waals surface area contributed by atoms with Crippen LogP contribution in [0.2, 0.25) is 0 Å². The van der Waals surface area contributed by atoms with Gasteiger partial charge in [0.25, 0.3) is 10.1 Å². The van der Waals surface area contributed by atoms with Crippen molar-refractivity contribution < 1.29 is 26.9 Å². The molecule has 30 heavy (non-hydrogen) atoms. The molecule has 8 heteroatoms. The molecule has 2 fully saturated rings. The van der Waals surface area contributed by atoms with Gasteiger partial charge in [-0.05, 0) is 62.9 Å². The fraction of sp³-hybridized carbons (Fsp3) is 0.864. The van der Waals surface area contributed by atoms with E-state index in [1.54, 1.807) is 0 Å². The fourth-order valence-corrected chi connectivity index (χ4v) is 7.40. The van der Waals surface area contributed by atoms with Crippen molar-refractivity contribution in [2.45, 2.75) is 90.4 Å². The lowest BCUT2D eigenvalue weighted by Crippen LogP contribution is -2.62. The van der Waals surface area contributed by atoms with Gasteiger partial charge in [-0.15, -0.1) is 11.6 Å². The molecular formula is C22H35ClO6S. The van der Waals surface area contributed by atoms with Crippen molar-refractivity contribution in [1.82, 2.24) is 0 Å². The van der Waals surface area contributed by atoms with E-state index in [9.17, 15) is 13.2 Å². The Morgan fingerprint density at radius 2 is 1.90 bits per heavy atom. The van der Waals surface area contributed by atoms with E-state index in [1.165, 1.54) is 12.7 Å². The number of alkyl halides is 1.